The van der Waals surface area contributed by atoms with E-state index in [9.17, 15) is 4.79 Å². The molecule has 1 aromatic carbocycles. The van der Waals surface area contributed by atoms with Gasteiger partial charge in [-0.3, -0.25) is 9.78 Å². The average Bonchev–Trinajstić information content (AvgIpc) is 2.86. The molecular weight excluding hydrogens is 276 g/mol. The van der Waals surface area contributed by atoms with Gasteiger partial charge in [-0.2, -0.15) is 0 Å². The fourth-order valence-corrected chi connectivity index (χ4v) is 3.47. The molecule has 4 heteroatoms. The van der Waals surface area contributed by atoms with E-state index in [1.165, 1.54) is 5.39 Å². The summed E-state index contributed by atoms with van der Waals surface area (Å²) in [5.74, 6) is -0.139. The predicted octanol–water partition coefficient (Wildman–Crippen LogP) is 3.70. The number of fused-ring (bicyclic) bond motifs is 3. The van der Waals surface area contributed by atoms with Crippen LogP contribution in [-0.2, 0) is 14.9 Å². The van der Waals surface area contributed by atoms with E-state index >= 15 is 0 Å². The number of pyridine rings is 1. The number of hydrogen-bond donors (Lipinski definition) is 1. The van der Waals surface area contributed by atoms with E-state index < -0.39 is 5.41 Å². The molecule has 0 amide bonds. The molecule has 4 nitrogen and oxygen atoms in total. The summed E-state index contributed by atoms with van der Waals surface area (Å²) in [4.78, 5) is 20.5. The first-order valence-corrected chi connectivity index (χ1v) is 7.79. The molecular formula is C18H18N2O2. The van der Waals surface area contributed by atoms with Crippen LogP contribution in [0.15, 0.2) is 36.5 Å². The Morgan fingerprint density at radius 1 is 1.27 bits per heavy atom. The van der Waals surface area contributed by atoms with Crippen molar-refractivity contribution in [1.29, 1.82) is 0 Å². The van der Waals surface area contributed by atoms with E-state index in [2.05, 4.69) is 22.1 Å². The van der Waals surface area contributed by atoms with Crippen LogP contribution in [0.25, 0.3) is 21.8 Å². The predicted molar refractivity (Wildman–Crippen MR) is 85.8 cm³/mol. The van der Waals surface area contributed by atoms with E-state index in [4.69, 9.17) is 4.74 Å². The first-order valence-electron chi connectivity index (χ1n) is 7.79. The van der Waals surface area contributed by atoms with Gasteiger partial charge in [-0.15, -0.1) is 0 Å². The molecule has 0 bridgehead atoms. The molecule has 3 aromatic rings. The van der Waals surface area contributed by atoms with Gasteiger partial charge in [0, 0.05) is 22.5 Å². The molecule has 4 rings (SSSR count). The fourth-order valence-electron chi connectivity index (χ4n) is 3.47. The summed E-state index contributed by atoms with van der Waals surface area (Å²) in [5.41, 5.74) is 2.31. The monoisotopic (exact) mass is 294 g/mol. The molecule has 0 radical (unpaired) electrons. The highest BCUT2D eigenvalue weighted by Crippen LogP contribution is 2.46. The van der Waals surface area contributed by atoms with Crippen LogP contribution in [-0.4, -0.2) is 22.5 Å². The lowest BCUT2D eigenvalue weighted by atomic mass is 9.66. The second-order valence-corrected chi connectivity index (χ2v) is 5.91. The van der Waals surface area contributed by atoms with Crippen molar-refractivity contribution in [1.82, 2.24) is 9.97 Å². The van der Waals surface area contributed by atoms with Gasteiger partial charge >= 0.3 is 5.97 Å². The summed E-state index contributed by atoms with van der Waals surface area (Å²) in [5, 5.41) is 2.29. The second-order valence-electron chi connectivity index (χ2n) is 5.91. The van der Waals surface area contributed by atoms with Crippen molar-refractivity contribution in [2.75, 3.05) is 6.61 Å². The van der Waals surface area contributed by atoms with E-state index in [-0.39, 0.29) is 5.97 Å². The molecule has 2 heterocycles. The van der Waals surface area contributed by atoms with Crippen LogP contribution < -0.4 is 0 Å². The summed E-state index contributed by atoms with van der Waals surface area (Å²) in [7, 11) is 0. The van der Waals surface area contributed by atoms with Crippen LogP contribution in [0.3, 0.4) is 0 Å². The Balaban J connectivity index is 1.96. The Hall–Kier alpha value is -2.36. The molecule has 1 N–H and O–H groups in total. The Morgan fingerprint density at radius 3 is 2.82 bits per heavy atom. The van der Waals surface area contributed by atoms with Gasteiger partial charge in [0.05, 0.1) is 17.8 Å². The van der Waals surface area contributed by atoms with Gasteiger partial charge in [-0.1, -0.05) is 24.6 Å². The molecule has 1 saturated carbocycles. The third-order valence-electron chi connectivity index (χ3n) is 4.75. The quantitative estimate of drug-likeness (QED) is 0.749. The smallest absolute Gasteiger partial charge is 0.318 e. The molecule has 1 aliphatic carbocycles. The van der Waals surface area contributed by atoms with Gasteiger partial charge in [0.15, 0.2) is 0 Å². The Kier molecular flexibility index (Phi) is 2.93. The van der Waals surface area contributed by atoms with E-state index in [1.807, 2.05) is 25.1 Å². The van der Waals surface area contributed by atoms with Crippen LogP contribution >= 0.6 is 0 Å². The molecule has 1 fully saturated rings. The van der Waals surface area contributed by atoms with Crippen molar-refractivity contribution in [3.8, 4) is 0 Å². The fraction of sp³-hybridized carbons (Fsp3) is 0.333. The van der Waals surface area contributed by atoms with Gasteiger partial charge in [0.25, 0.3) is 0 Å². The number of carbonyl (C=O) groups excluding carboxylic acids is 1. The van der Waals surface area contributed by atoms with Crippen molar-refractivity contribution in [3.63, 3.8) is 0 Å². The van der Waals surface area contributed by atoms with Crippen molar-refractivity contribution in [2.45, 2.75) is 31.6 Å². The SMILES string of the molecule is CCOC(=O)C1(c2nccc3c2[nH]c2ccccc23)CCC1. The lowest BCUT2D eigenvalue weighted by Gasteiger charge is -2.38. The van der Waals surface area contributed by atoms with Crippen LogP contribution in [0.2, 0.25) is 0 Å². The number of benzene rings is 1. The maximum absolute atomic E-state index is 12.5. The highest BCUT2D eigenvalue weighted by Gasteiger charge is 2.49. The van der Waals surface area contributed by atoms with Crippen molar-refractivity contribution >= 4 is 27.8 Å². The third kappa shape index (κ3) is 1.70. The topological polar surface area (TPSA) is 55.0 Å². The van der Waals surface area contributed by atoms with E-state index in [0.29, 0.717) is 6.61 Å². The summed E-state index contributed by atoms with van der Waals surface area (Å²) in [6.45, 7) is 2.25. The largest absolute Gasteiger partial charge is 0.465 e. The zero-order valence-electron chi connectivity index (χ0n) is 12.6. The standard InChI is InChI=1S/C18H18N2O2/c1-2-22-17(21)18(9-5-10-18)16-15-13(8-11-19-16)12-6-3-4-7-14(12)20-15/h3-4,6-8,11,20H,2,5,9-10H2,1H3. The third-order valence-corrected chi connectivity index (χ3v) is 4.75. The van der Waals surface area contributed by atoms with Gasteiger partial charge < -0.3 is 9.72 Å². The van der Waals surface area contributed by atoms with Gasteiger partial charge in [-0.25, -0.2) is 0 Å². The minimum absolute atomic E-state index is 0.139. The lowest BCUT2D eigenvalue weighted by molar-refractivity contribution is -0.154. The summed E-state index contributed by atoms with van der Waals surface area (Å²) < 4.78 is 5.33. The molecule has 0 atom stereocenters. The van der Waals surface area contributed by atoms with Crippen molar-refractivity contribution in [2.24, 2.45) is 0 Å². The number of carbonyl (C=O) groups is 1. The van der Waals surface area contributed by atoms with E-state index in [1.54, 1.807) is 6.20 Å². The molecule has 0 aliphatic heterocycles. The minimum Gasteiger partial charge on any atom is -0.465 e. The molecule has 1 aliphatic rings. The summed E-state index contributed by atoms with van der Waals surface area (Å²) >= 11 is 0. The molecule has 2 aromatic heterocycles. The molecule has 0 saturated heterocycles. The van der Waals surface area contributed by atoms with Gasteiger partial charge in [0.1, 0.15) is 5.41 Å². The lowest BCUT2D eigenvalue weighted by Crippen LogP contribution is -2.44. The molecule has 22 heavy (non-hydrogen) atoms. The van der Waals surface area contributed by atoms with Crippen LogP contribution in [0.5, 0.6) is 0 Å². The number of nitrogens with one attached hydrogen (secondary N) is 1. The highest BCUT2D eigenvalue weighted by molar-refractivity contribution is 6.09. The van der Waals surface area contributed by atoms with Gasteiger partial charge in [-0.05, 0) is 31.9 Å². The number of ether oxygens (including phenoxy) is 1. The number of rotatable bonds is 3. The normalized spacial score (nSPS) is 16.6. The first kappa shape index (κ1) is 13.3. The molecule has 0 spiro atoms. The molecule has 0 unspecified atom stereocenters. The number of H-pyrrole nitrogens is 1. The zero-order chi connectivity index (χ0) is 15.2. The zero-order valence-corrected chi connectivity index (χ0v) is 12.6. The number of aromatic nitrogens is 2. The second kappa shape index (κ2) is 4.83. The van der Waals surface area contributed by atoms with Crippen molar-refractivity contribution < 1.29 is 9.53 Å². The van der Waals surface area contributed by atoms with Crippen molar-refractivity contribution in [3.05, 3.63) is 42.2 Å². The number of para-hydroxylation sites is 1. The number of esters is 1. The number of nitrogens with zero attached hydrogens (tertiary/aromatic N) is 1. The minimum atomic E-state index is -0.573. The van der Waals surface area contributed by atoms with Crippen LogP contribution in [0.1, 0.15) is 31.9 Å². The van der Waals surface area contributed by atoms with Gasteiger partial charge in [0.2, 0.25) is 0 Å². The molecule has 112 valence electrons. The Morgan fingerprint density at radius 2 is 2.09 bits per heavy atom. The number of hydrogen-bond acceptors (Lipinski definition) is 3. The highest BCUT2D eigenvalue weighted by atomic mass is 16.5. The number of aromatic amines is 1. The van der Waals surface area contributed by atoms with Crippen LogP contribution in [0.4, 0.5) is 0 Å². The summed E-state index contributed by atoms with van der Waals surface area (Å²) in [6.07, 6.45) is 4.47. The Bertz CT molecular complexity index is 862. The van der Waals surface area contributed by atoms with Crippen LogP contribution in [0, 0.1) is 0 Å². The Labute approximate surface area is 128 Å². The first-order chi connectivity index (χ1) is 10.8. The average molecular weight is 294 g/mol. The summed E-state index contributed by atoms with van der Waals surface area (Å²) in [6, 6.07) is 10.2. The maximum Gasteiger partial charge on any atom is 0.318 e. The van der Waals surface area contributed by atoms with E-state index in [0.717, 1.165) is 41.4 Å². The maximum atomic E-state index is 12.5.